The normalized spacial score (nSPS) is 13.5. The Morgan fingerprint density at radius 2 is 2.21 bits per heavy atom. The van der Waals surface area contributed by atoms with Gasteiger partial charge in [-0.3, -0.25) is 0 Å². The molecule has 1 atom stereocenters. The van der Waals surface area contributed by atoms with Crippen LogP contribution in [-0.2, 0) is 6.54 Å². The Morgan fingerprint density at radius 1 is 1.50 bits per heavy atom. The van der Waals surface area contributed by atoms with Gasteiger partial charge in [-0.15, -0.1) is 11.3 Å². The number of aliphatic hydroxyl groups is 1. The molecule has 0 aliphatic heterocycles. The summed E-state index contributed by atoms with van der Waals surface area (Å²) >= 11 is 1.74. The summed E-state index contributed by atoms with van der Waals surface area (Å²) in [6.45, 7) is 7.23. The molecular formula is C10H18N2OS. The van der Waals surface area contributed by atoms with Crippen LogP contribution < -0.4 is 5.32 Å². The standard InChI is InChI=1S/C10H18N2OS/c1-7(2)10-12-5-9(14-10)4-11-8(3)6-13/h5,7-8,11,13H,4,6H2,1-3H3. The summed E-state index contributed by atoms with van der Waals surface area (Å²) in [6.07, 6.45) is 1.91. The Kier molecular flexibility index (Phi) is 4.51. The quantitative estimate of drug-likeness (QED) is 0.784. The van der Waals surface area contributed by atoms with Crippen molar-refractivity contribution in [3.8, 4) is 0 Å². The zero-order chi connectivity index (χ0) is 10.6. The van der Waals surface area contributed by atoms with E-state index in [0.717, 1.165) is 6.54 Å². The second-order valence-corrected chi connectivity index (χ2v) is 4.93. The molecule has 0 spiro atoms. The zero-order valence-electron chi connectivity index (χ0n) is 8.95. The third kappa shape index (κ3) is 3.36. The van der Waals surface area contributed by atoms with Gasteiger partial charge in [0.2, 0.25) is 0 Å². The lowest BCUT2D eigenvalue weighted by Gasteiger charge is -2.08. The maximum atomic E-state index is 8.83. The van der Waals surface area contributed by atoms with Gasteiger partial charge < -0.3 is 10.4 Å². The lowest BCUT2D eigenvalue weighted by Crippen LogP contribution is -2.28. The third-order valence-corrected chi connectivity index (χ3v) is 3.26. The molecule has 4 heteroatoms. The lowest BCUT2D eigenvalue weighted by atomic mass is 10.2. The van der Waals surface area contributed by atoms with E-state index < -0.39 is 0 Å². The largest absolute Gasteiger partial charge is 0.395 e. The fourth-order valence-electron chi connectivity index (χ4n) is 1.01. The summed E-state index contributed by atoms with van der Waals surface area (Å²) < 4.78 is 0. The first-order valence-corrected chi connectivity index (χ1v) is 5.74. The van der Waals surface area contributed by atoms with E-state index in [1.165, 1.54) is 9.88 Å². The van der Waals surface area contributed by atoms with Gasteiger partial charge in [0, 0.05) is 29.6 Å². The van der Waals surface area contributed by atoms with Crippen molar-refractivity contribution in [1.82, 2.24) is 10.3 Å². The minimum absolute atomic E-state index is 0.152. The van der Waals surface area contributed by atoms with Crippen LogP contribution >= 0.6 is 11.3 Å². The summed E-state index contributed by atoms with van der Waals surface area (Å²) in [4.78, 5) is 5.57. The maximum Gasteiger partial charge on any atom is 0.0953 e. The fraction of sp³-hybridized carbons (Fsp3) is 0.700. The van der Waals surface area contributed by atoms with Crippen molar-refractivity contribution in [3.05, 3.63) is 16.1 Å². The van der Waals surface area contributed by atoms with Crippen molar-refractivity contribution < 1.29 is 5.11 Å². The number of nitrogens with zero attached hydrogens (tertiary/aromatic N) is 1. The van der Waals surface area contributed by atoms with Crippen molar-refractivity contribution >= 4 is 11.3 Å². The van der Waals surface area contributed by atoms with E-state index in [9.17, 15) is 0 Å². The molecule has 0 radical (unpaired) electrons. The minimum atomic E-state index is 0.152. The van der Waals surface area contributed by atoms with Crippen LogP contribution in [0.1, 0.15) is 36.6 Å². The molecule has 1 rings (SSSR count). The summed E-state index contributed by atoms with van der Waals surface area (Å²) in [6, 6.07) is 0.152. The van der Waals surface area contributed by atoms with Gasteiger partial charge in [0.1, 0.15) is 0 Å². The van der Waals surface area contributed by atoms with E-state index in [2.05, 4.69) is 24.1 Å². The Bertz CT molecular complexity index is 273. The molecule has 1 unspecified atom stereocenters. The van der Waals surface area contributed by atoms with Crippen LogP contribution in [0.3, 0.4) is 0 Å². The van der Waals surface area contributed by atoms with Crippen LogP contribution in [0.5, 0.6) is 0 Å². The monoisotopic (exact) mass is 214 g/mol. The highest BCUT2D eigenvalue weighted by Crippen LogP contribution is 2.20. The van der Waals surface area contributed by atoms with Crippen molar-refractivity contribution in [1.29, 1.82) is 0 Å². The van der Waals surface area contributed by atoms with Gasteiger partial charge in [-0.25, -0.2) is 4.98 Å². The SMILES string of the molecule is CC(CO)NCc1cnc(C(C)C)s1. The first-order valence-electron chi connectivity index (χ1n) is 4.92. The van der Waals surface area contributed by atoms with Crippen molar-refractivity contribution in [2.75, 3.05) is 6.61 Å². The molecule has 1 aromatic rings. The number of hydrogen-bond donors (Lipinski definition) is 2. The molecule has 0 aliphatic rings. The molecule has 0 saturated carbocycles. The Labute approximate surface area is 89.2 Å². The first kappa shape index (κ1) is 11.6. The average molecular weight is 214 g/mol. The van der Waals surface area contributed by atoms with Crippen molar-refractivity contribution in [3.63, 3.8) is 0 Å². The second kappa shape index (κ2) is 5.44. The Balaban J connectivity index is 2.44. The predicted octanol–water partition coefficient (Wildman–Crippen LogP) is 1.74. The van der Waals surface area contributed by atoms with Gasteiger partial charge in [-0.1, -0.05) is 13.8 Å². The van der Waals surface area contributed by atoms with E-state index in [1.807, 2.05) is 13.1 Å². The predicted molar refractivity (Wildman–Crippen MR) is 59.6 cm³/mol. The topological polar surface area (TPSA) is 45.1 Å². The summed E-state index contributed by atoms with van der Waals surface area (Å²) in [5.74, 6) is 0.504. The van der Waals surface area contributed by atoms with E-state index >= 15 is 0 Å². The number of thiazole rings is 1. The number of nitrogens with one attached hydrogen (secondary N) is 1. The molecule has 80 valence electrons. The summed E-state index contributed by atoms with van der Waals surface area (Å²) in [7, 11) is 0. The number of aromatic nitrogens is 1. The van der Waals surface area contributed by atoms with Gasteiger partial charge in [0.15, 0.2) is 0 Å². The molecule has 0 bridgehead atoms. The van der Waals surface area contributed by atoms with Gasteiger partial charge >= 0.3 is 0 Å². The van der Waals surface area contributed by atoms with E-state index in [1.54, 1.807) is 11.3 Å². The summed E-state index contributed by atoms with van der Waals surface area (Å²) in [5.41, 5.74) is 0. The van der Waals surface area contributed by atoms with Crippen LogP contribution in [-0.4, -0.2) is 22.7 Å². The van der Waals surface area contributed by atoms with Crippen LogP contribution in [0.4, 0.5) is 0 Å². The number of hydrogen-bond acceptors (Lipinski definition) is 4. The van der Waals surface area contributed by atoms with Crippen molar-refractivity contribution in [2.45, 2.75) is 39.3 Å². The van der Waals surface area contributed by atoms with Crippen LogP contribution in [0.15, 0.2) is 6.20 Å². The molecule has 0 amide bonds. The third-order valence-electron chi connectivity index (χ3n) is 1.96. The van der Waals surface area contributed by atoms with Gasteiger partial charge in [-0.2, -0.15) is 0 Å². The highest BCUT2D eigenvalue weighted by Gasteiger charge is 2.06. The molecular weight excluding hydrogens is 196 g/mol. The first-order chi connectivity index (χ1) is 6.63. The fourth-order valence-corrected chi connectivity index (χ4v) is 1.88. The molecule has 3 nitrogen and oxygen atoms in total. The molecule has 1 heterocycles. The second-order valence-electron chi connectivity index (χ2n) is 3.78. The Morgan fingerprint density at radius 3 is 2.71 bits per heavy atom. The number of rotatable bonds is 5. The van der Waals surface area contributed by atoms with E-state index in [4.69, 9.17) is 5.11 Å². The molecule has 0 aliphatic carbocycles. The zero-order valence-corrected chi connectivity index (χ0v) is 9.77. The lowest BCUT2D eigenvalue weighted by molar-refractivity contribution is 0.251. The summed E-state index contributed by atoms with van der Waals surface area (Å²) in [5, 5.41) is 13.2. The maximum absolute atomic E-state index is 8.83. The average Bonchev–Trinajstić information content (AvgIpc) is 2.62. The van der Waals surface area contributed by atoms with Crippen molar-refractivity contribution in [2.24, 2.45) is 0 Å². The highest BCUT2D eigenvalue weighted by molar-refractivity contribution is 7.11. The van der Waals surface area contributed by atoms with Crippen LogP contribution in [0, 0.1) is 0 Å². The molecule has 14 heavy (non-hydrogen) atoms. The smallest absolute Gasteiger partial charge is 0.0953 e. The molecule has 1 aromatic heterocycles. The van der Waals surface area contributed by atoms with Gasteiger partial charge in [0.05, 0.1) is 11.6 Å². The van der Waals surface area contributed by atoms with Crippen LogP contribution in [0.2, 0.25) is 0 Å². The molecule has 0 saturated heterocycles. The highest BCUT2D eigenvalue weighted by atomic mass is 32.1. The van der Waals surface area contributed by atoms with E-state index in [0.29, 0.717) is 5.92 Å². The van der Waals surface area contributed by atoms with Crippen LogP contribution in [0.25, 0.3) is 0 Å². The van der Waals surface area contributed by atoms with Gasteiger partial charge in [-0.05, 0) is 6.92 Å². The molecule has 0 aromatic carbocycles. The Hall–Kier alpha value is -0.450. The minimum Gasteiger partial charge on any atom is -0.395 e. The molecule has 2 N–H and O–H groups in total. The van der Waals surface area contributed by atoms with E-state index in [-0.39, 0.29) is 12.6 Å². The van der Waals surface area contributed by atoms with Gasteiger partial charge in [0.25, 0.3) is 0 Å². The number of aliphatic hydroxyl groups excluding tert-OH is 1. The molecule has 0 fully saturated rings.